The minimum absolute atomic E-state index is 0.0106. The van der Waals surface area contributed by atoms with Crippen molar-refractivity contribution in [1.82, 2.24) is 15.5 Å². The lowest BCUT2D eigenvalue weighted by molar-refractivity contribution is -0.156. The van der Waals surface area contributed by atoms with Crippen molar-refractivity contribution in [3.05, 3.63) is 106 Å². The molecule has 7 nitrogen and oxygen atoms in total. The first-order valence-corrected chi connectivity index (χ1v) is 16.0. The minimum atomic E-state index is -1.40. The molecule has 1 heterocycles. The van der Waals surface area contributed by atoms with Gasteiger partial charge in [-0.1, -0.05) is 111 Å². The second-order valence-electron chi connectivity index (χ2n) is 11.8. The molecule has 2 N–H and O–H groups in total. The van der Waals surface area contributed by atoms with Gasteiger partial charge in [0.15, 0.2) is 5.60 Å². The van der Waals surface area contributed by atoms with Crippen molar-refractivity contribution in [2.24, 2.45) is 5.92 Å². The Bertz CT molecular complexity index is 1410. The zero-order valence-electron chi connectivity index (χ0n) is 26.1. The van der Waals surface area contributed by atoms with Crippen molar-refractivity contribution in [3.63, 3.8) is 0 Å². The third-order valence-corrected chi connectivity index (χ3v) is 8.45. The van der Waals surface area contributed by atoms with Gasteiger partial charge in [0, 0.05) is 34.8 Å². The Hall–Kier alpha value is -3.68. The van der Waals surface area contributed by atoms with Crippen LogP contribution in [0.25, 0.3) is 0 Å². The van der Waals surface area contributed by atoms with Gasteiger partial charge in [-0.3, -0.25) is 14.4 Å². The van der Waals surface area contributed by atoms with Crippen LogP contribution in [0.15, 0.2) is 78.9 Å². The summed E-state index contributed by atoms with van der Waals surface area (Å²) in [6.07, 6.45) is 2.31. The predicted molar refractivity (Wildman–Crippen MR) is 174 cm³/mol. The molecule has 1 saturated heterocycles. The van der Waals surface area contributed by atoms with Gasteiger partial charge < -0.3 is 20.3 Å². The third kappa shape index (κ3) is 7.69. The van der Waals surface area contributed by atoms with Crippen molar-refractivity contribution >= 4 is 29.4 Å². The van der Waals surface area contributed by atoms with Gasteiger partial charge >= 0.3 is 5.97 Å². The molecule has 0 aromatic heterocycles. The van der Waals surface area contributed by atoms with Gasteiger partial charge in [0.1, 0.15) is 6.04 Å². The van der Waals surface area contributed by atoms with Crippen LogP contribution in [-0.4, -0.2) is 54.4 Å². The van der Waals surface area contributed by atoms with Crippen LogP contribution < -0.4 is 10.6 Å². The lowest BCUT2D eigenvalue weighted by Gasteiger charge is -2.36. The number of carbonyl (C=O) groups is 3. The Labute approximate surface area is 266 Å². The van der Waals surface area contributed by atoms with Gasteiger partial charge in [0.25, 0.3) is 0 Å². The number of aryl methyl sites for hydroxylation is 1. The summed E-state index contributed by atoms with van der Waals surface area (Å²) in [7, 11) is 0. The van der Waals surface area contributed by atoms with Gasteiger partial charge in [0.2, 0.25) is 11.8 Å². The molecule has 3 aromatic rings. The molecule has 44 heavy (non-hydrogen) atoms. The summed E-state index contributed by atoms with van der Waals surface area (Å²) in [6.45, 7) is 9.79. The standard InChI is InChI=1S/C36H44ClN3O4/c1-5-21-38-33(25(2)3)34(42)39-31(35(43)40-22-11-12-23-40)24-32(41)44-36(27-13-7-6-8-14-27,28-19-17-26(4)18-20-28)29-15-9-10-16-30(29)37/h6-10,13-20,25,31,33,38H,5,11-12,21-24H2,1-4H3,(H,39,42)/t31-,33-,36?/m0/s1. The minimum Gasteiger partial charge on any atom is -0.444 e. The highest BCUT2D eigenvalue weighted by atomic mass is 35.5. The Morgan fingerprint density at radius 3 is 2.14 bits per heavy atom. The Morgan fingerprint density at radius 2 is 1.52 bits per heavy atom. The molecule has 1 aliphatic rings. The highest BCUT2D eigenvalue weighted by Crippen LogP contribution is 2.43. The molecule has 0 bridgehead atoms. The maximum Gasteiger partial charge on any atom is 0.310 e. The van der Waals surface area contributed by atoms with E-state index in [-0.39, 0.29) is 24.2 Å². The summed E-state index contributed by atoms with van der Waals surface area (Å²) in [4.78, 5) is 43.1. The smallest absolute Gasteiger partial charge is 0.310 e. The summed E-state index contributed by atoms with van der Waals surface area (Å²) in [5.41, 5.74) is 1.67. The molecule has 1 unspecified atom stereocenters. The molecule has 0 saturated carbocycles. The van der Waals surface area contributed by atoms with E-state index in [2.05, 4.69) is 10.6 Å². The Balaban J connectivity index is 1.74. The second kappa shape index (κ2) is 15.4. The van der Waals surface area contributed by atoms with Gasteiger partial charge in [-0.25, -0.2) is 0 Å². The Kier molecular flexibility index (Phi) is 11.6. The van der Waals surface area contributed by atoms with E-state index < -0.39 is 23.7 Å². The predicted octanol–water partition coefficient (Wildman–Crippen LogP) is 6.01. The molecule has 4 rings (SSSR count). The molecular weight excluding hydrogens is 574 g/mol. The van der Waals surface area contributed by atoms with Crippen LogP contribution >= 0.6 is 11.6 Å². The number of nitrogens with zero attached hydrogens (tertiary/aromatic N) is 1. The van der Waals surface area contributed by atoms with Crippen molar-refractivity contribution < 1.29 is 19.1 Å². The summed E-state index contributed by atoms with van der Waals surface area (Å²) in [5.74, 6) is -1.22. The first-order valence-electron chi connectivity index (χ1n) is 15.6. The number of benzene rings is 3. The first kappa shape index (κ1) is 33.2. The molecule has 2 amide bonds. The zero-order chi connectivity index (χ0) is 31.7. The normalized spacial score (nSPS) is 15.8. The van der Waals surface area contributed by atoms with Crippen molar-refractivity contribution in [2.45, 2.75) is 71.1 Å². The van der Waals surface area contributed by atoms with Crippen LogP contribution in [-0.2, 0) is 24.7 Å². The maximum atomic E-state index is 14.1. The van der Waals surface area contributed by atoms with E-state index in [9.17, 15) is 14.4 Å². The molecule has 3 atom stereocenters. The van der Waals surface area contributed by atoms with Crippen molar-refractivity contribution in [1.29, 1.82) is 0 Å². The maximum absolute atomic E-state index is 14.1. The molecule has 234 valence electrons. The van der Waals surface area contributed by atoms with E-state index in [0.29, 0.717) is 41.3 Å². The lowest BCUT2D eigenvalue weighted by atomic mass is 9.79. The fraction of sp³-hybridized carbons (Fsp3) is 0.417. The second-order valence-corrected chi connectivity index (χ2v) is 12.2. The number of carbonyl (C=O) groups excluding carboxylic acids is 3. The number of hydrogen-bond donors (Lipinski definition) is 2. The molecule has 1 aliphatic heterocycles. The number of nitrogens with one attached hydrogen (secondary N) is 2. The van der Waals surface area contributed by atoms with Crippen molar-refractivity contribution in [2.75, 3.05) is 19.6 Å². The molecular formula is C36H44ClN3O4. The van der Waals surface area contributed by atoms with E-state index in [0.717, 1.165) is 24.8 Å². The number of hydrogen-bond acceptors (Lipinski definition) is 5. The average molecular weight is 618 g/mol. The van der Waals surface area contributed by atoms with Gasteiger partial charge in [0.05, 0.1) is 12.5 Å². The summed E-state index contributed by atoms with van der Waals surface area (Å²) >= 11 is 6.82. The van der Waals surface area contributed by atoms with Gasteiger partial charge in [-0.05, 0) is 44.7 Å². The molecule has 0 radical (unpaired) electrons. The number of amides is 2. The lowest BCUT2D eigenvalue weighted by Crippen LogP contribution is -2.55. The molecule has 0 aliphatic carbocycles. The molecule has 8 heteroatoms. The van der Waals surface area contributed by atoms with E-state index in [1.165, 1.54) is 0 Å². The summed E-state index contributed by atoms with van der Waals surface area (Å²) < 4.78 is 6.55. The highest BCUT2D eigenvalue weighted by molar-refractivity contribution is 6.31. The fourth-order valence-corrected chi connectivity index (χ4v) is 6.06. The quantitative estimate of drug-likeness (QED) is 0.181. The number of rotatable bonds is 13. The number of likely N-dealkylation sites (tertiary alicyclic amines) is 1. The SMILES string of the molecule is CCCN[C@H](C(=O)N[C@@H](CC(=O)OC(c1ccccc1)(c1ccc(C)cc1)c1ccccc1Cl)C(=O)N1CCCC1)C(C)C. The largest absolute Gasteiger partial charge is 0.444 e. The third-order valence-electron chi connectivity index (χ3n) is 8.12. The molecule has 3 aromatic carbocycles. The summed E-state index contributed by atoms with van der Waals surface area (Å²) in [5, 5.41) is 6.64. The van der Waals surface area contributed by atoms with Crippen LogP contribution in [0, 0.1) is 12.8 Å². The first-order chi connectivity index (χ1) is 21.2. The van der Waals surface area contributed by atoms with Crippen LogP contribution in [0.3, 0.4) is 0 Å². The van der Waals surface area contributed by atoms with Crippen LogP contribution in [0.4, 0.5) is 0 Å². The monoisotopic (exact) mass is 617 g/mol. The van der Waals surface area contributed by atoms with Crippen LogP contribution in [0.2, 0.25) is 5.02 Å². The Morgan fingerprint density at radius 1 is 0.909 bits per heavy atom. The fourth-order valence-electron chi connectivity index (χ4n) is 5.79. The number of esters is 1. The van der Waals surface area contributed by atoms with Gasteiger partial charge in [-0.2, -0.15) is 0 Å². The summed E-state index contributed by atoms with van der Waals surface area (Å²) in [6, 6.07) is 23.0. The molecule has 0 spiro atoms. The van der Waals surface area contributed by atoms with Crippen LogP contribution in [0.1, 0.15) is 68.7 Å². The number of halogens is 1. The molecule has 1 fully saturated rings. The van der Waals surface area contributed by atoms with Gasteiger partial charge in [-0.15, -0.1) is 0 Å². The zero-order valence-corrected chi connectivity index (χ0v) is 26.9. The van der Waals surface area contributed by atoms with E-state index in [1.807, 2.05) is 100 Å². The number of ether oxygens (including phenoxy) is 1. The van der Waals surface area contributed by atoms with E-state index in [1.54, 1.807) is 11.0 Å². The average Bonchev–Trinajstić information content (AvgIpc) is 3.56. The highest BCUT2D eigenvalue weighted by Gasteiger charge is 2.43. The topological polar surface area (TPSA) is 87.7 Å². The van der Waals surface area contributed by atoms with E-state index >= 15 is 0 Å². The van der Waals surface area contributed by atoms with Crippen LogP contribution in [0.5, 0.6) is 0 Å². The van der Waals surface area contributed by atoms with E-state index in [4.69, 9.17) is 16.3 Å². The van der Waals surface area contributed by atoms with Crippen molar-refractivity contribution in [3.8, 4) is 0 Å².